The first-order valence-electron chi connectivity index (χ1n) is 5.07. The largest absolute Gasteiger partial charge is 0.481 e. The van der Waals surface area contributed by atoms with Gasteiger partial charge in [-0.15, -0.1) is 0 Å². The van der Waals surface area contributed by atoms with Crippen LogP contribution in [0.5, 0.6) is 0 Å². The number of carboxylic acid groups (broad SMARTS) is 1. The number of halogens is 1. The van der Waals surface area contributed by atoms with Gasteiger partial charge in [0.15, 0.2) is 0 Å². The molecule has 17 heavy (non-hydrogen) atoms. The van der Waals surface area contributed by atoms with Crippen LogP contribution in [0, 0.1) is 5.82 Å². The van der Waals surface area contributed by atoms with Crippen LogP contribution in [-0.2, 0) is 11.2 Å². The van der Waals surface area contributed by atoms with Crippen molar-refractivity contribution in [1.29, 1.82) is 0 Å². The number of hydrogen-bond acceptors (Lipinski definition) is 2. The molecule has 1 aromatic heterocycles. The highest BCUT2D eigenvalue weighted by atomic mass is 19.1. The standard InChI is InChI=1S/C13H10FNO2/c14-12-3-1-10(2-4-12)11-5-9(6-13(16)17)7-15-8-11/h1-5,7-8H,6H2,(H,16,17). The minimum Gasteiger partial charge on any atom is -0.481 e. The Morgan fingerprint density at radius 2 is 1.88 bits per heavy atom. The molecule has 86 valence electrons. The fraction of sp³-hybridized carbons (Fsp3) is 0.0769. The first-order chi connectivity index (χ1) is 8.15. The molecule has 0 amide bonds. The van der Waals surface area contributed by atoms with E-state index in [9.17, 15) is 9.18 Å². The van der Waals surface area contributed by atoms with Crippen molar-refractivity contribution >= 4 is 5.97 Å². The van der Waals surface area contributed by atoms with Gasteiger partial charge in [0.05, 0.1) is 6.42 Å². The molecule has 0 aliphatic heterocycles. The number of hydrogen-bond donors (Lipinski definition) is 1. The molecule has 0 saturated carbocycles. The number of nitrogens with zero attached hydrogens (tertiary/aromatic N) is 1. The third-order valence-corrected chi connectivity index (χ3v) is 2.33. The van der Waals surface area contributed by atoms with Crippen LogP contribution in [0.2, 0.25) is 0 Å². The molecule has 1 heterocycles. The fourth-order valence-electron chi connectivity index (χ4n) is 1.56. The molecule has 0 bridgehead atoms. The van der Waals surface area contributed by atoms with E-state index in [4.69, 9.17) is 5.11 Å². The van der Waals surface area contributed by atoms with Crippen molar-refractivity contribution in [2.24, 2.45) is 0 Å². The topological polar surface area (TPSA) is 50.2 Å². The van der Waals surface area contributed by atoms with E-state index in [0.717, 1.165) is 11.1 Å². The van der Waals surface area contributed by atoms with Crippen molar-refractivity contribution in [1.82, 2.24) is 4.98 Å². The Labute approximate surface area is 97.6 Å². The zero-order valence-electron chi connectivity index (χ0n) is 8.93. The van der Waals surface area contributed by atoms with E-state index < -0.39 is 5.97 Å². The van der Waals surface area contributed by atoms with E-state index in [1.165, 1.54) is 18.3 Å². The van der Waals surface area contributed by atoms with Crippen LogP contribution in [0.15, 0.2) is 42.7 Å². The molecule has 0 aliphatic rings. The van der Waals surface area contributed by atoms with E-state index in [1.807, 2.05) is 0 Å². The van der Waals surface area contributed by atoms with Gasteiger partial charge in [0.1, 0.15) is 5.82 Å². The van der Waals surface area contributed by atoms with Gasteiger partial charge in [-0.25, -0.2) is 4.39 Å². The van der Waals surface area contributed by atoms with Gasteiger partial charge in [-0.3, -0.25) is 9.78 Å². The molecule has 3 nitrogen and oxygen atoms in total. The van der Waals surface area contributed by atoms with Crippen LogP contribution in [0.3, 0.4) is 0 Å². The Morgan fingerprint density at radius 1 is 1.18 bits per heavy atom. The van der Waals surface area contributed by atoms with Crippen LogP contribution >= 0.6 is 0 Å². The highest BCUT2D eigenvalue weighted by Gasteiger charge is 2.04. The first-order valence-corrected chi connectivity index (χ1v) is 5.07. The van der Waals surface area contributed by atoms with Crippen molar-refractivity contribution in [3.63, 3.8) is 0 Å². The predicted octanol–water partition coefficient (Wildman–Crippen LogP) is 2.51. The summed E-state index contributed by atoms with van der Waals surface area (Å²) < 4.78 is 12.8. The number of rotatable bonds is 3. The maximum atomic E-state index is 12.8. The Kier molecular flexibility index (Phi) is 3.14. The summed E-state index contributed by atoms with van der Waals surface area (Å²) in [5.41, 5.74) is 2.22. The number of pyridine rings is 1. The molecule has 0 fully saturated rings. The summed E-state index contributed by atoms with van der Waals surface area (Å²) >= 11 is 0. The summed E-state index contributed by atoms with van der Waals surface area (Å²) in [6, 6.07) is 7.74. The summed E-state index contributed by atoms with van der Waals surface area (Å²) in [7, 11) is 0. The monoisotopic (exact) mass is 231 g/mol. The average Bonchev–Trinajstić information content (AvgIpc) is 2.29. The van der Waals surface area contributed by atoms with Gasteiger partial charge in [-0.1, -0.05) is 12.1 Å². The van der Waals surface area contributed by atoms with E-state index in [-0.39, 0.29) is 12.2 Å². The van der Waals surface area contributed by atoms with E-state index in [0.29, 0.717) is 5.56 Å². The predicted molar refractivity (Wildman–Crippen MR) is 61.0 cm³/mol. The maximum Gasteiger partial charge on any atom is 0.307 e. The Hall–Kier alpha value is -2.23. The van der Waals surface area contributed by atoms with Gasteiger partial charge in [-0.2, -0.15) is 0 Å². The van der Waals surface area contributed by atoms with E-state index >= 15 is 0 Å². The van der Waals surface area contributed by atoms with Crippen LogP contribution < -0.4 is 0 Å². The number of carbonyl (C=O) groups is 1. The molecule has 1 aromatic carbocycles. The van der Waals surface area contributed by atoms with Crippen molar-refractivity contribution < 1.29 is 14.3 Å². The van der Waals surface area contributed by atoms with Crippen molar-refractivity contribution in [3.8, 4) is 11.1 Å². The third-order valence-electron chi connectivity index (χ3n) is 2.33. The quantitative estimate of drug-likeness (QED) is 0.883. The van der Waals surface area contributed by atoms with Crippen LogP contribution in [0.1, 0.15) is 5.56 Å². The number of carboxylic acids is 1. The summed E-state index contributed by atoms with van der Waals surface area (Å²) in [6.45, 7) is 0. The number of benzene rings is 1. The number of aliphatic carboxylic acids is 1. The Bertz CT molecular complexity index is 537. The van der Waals surface area contributed by atoms with Gasteiger partial charge < -0.3 is 5.11 Å². The average molecular weight is 231 g/mol. The second-order valence-electron chi connectivity index (χ2n) is 3.66. The minimum absolute atomic E-state index is 0.0674. The summed E-state index contributed by atoms with van der Waals surface area (Å²) in [5, 5.41) is 8.69. The van der Waals surface area contributed by atoms with Gasteiger partial charge in [-0.05, 0) is 29.3 Å². The van der Waals surface area contributed by atoms with Crippen molar-refractivity contribution in [2.75, 3.05) is 0 Å². The van der Waals surface area contributed by atoms with Crippen molar-refractivity contribution in [3.05, 3.63) is 54.1 Å². The van der Waals surface area contributed by atoms with Crippen LogP contribution in [0.4, 0.5) is 4.39 Å². The van der Waals surface area contributed by atoms with E-state index in [1.54, 1.807) is 24.4 Å². The maximum absolute atomic E-state index is 12.8. The summed E-state index contributed by atoms with van der Waals surface area (Å²) in [4.78, 5) is 14.6. The normalized spacial score (nSPS) is 10.2. The lowest BCUT2D eigenvalue weighted by Crippen LogP contribution is -2.00. The van der Waals surface area contributed by atoms with E-state index in [2.05, 4.69) is 4.98 Å². The highest BCUT2D eigenvalue weighted by Crippen LogP contribution is 2.19. The molecule has 4 heteroatoms. The van der Waals surface area contributed by atoms with Gasteiger partial charge in [0, 0.05) is 18.0 Å². The zero-order valence-corrected chi connectivity index (χ0v) is 8.93. The Balaban J connectivity index is 2.32. The van der Waals surface area contributed by atoms with Gasteiger partial charge in [0.2, 0.25) is 0 Å². The molecular weight excluding hydrogens is 221 g/mol. The molecule has 1 N–H and O–H groups in total. The molecule has 2 aromatic rings. The second kappa shape index (κ2) is 4.74. The molecule has 0 radical (unpaired) electrons. The molecule has 0 unspecified atom stereocenters. The molecule has 2 rings (SSSR count). The lowest BCUT2D eigenvalue weighted by molar-refractivity contribution is -0.136. The lowest BCUT2D eigenvalue weighted by atomic mass is 10.1. The molecule has 0 spiro atoms. The summed E-state index contributed by atoms with van der Waals surface area (Å²) in [5.74, 6) is -1.20. The zero-order chi connectivity index (χ0) is 12.3. The molecular formula is C13H10FNO2. The number of aromatic nitrogens is 1. The molecule has 0 atom stereocenters. The molecule has 0 saturated heterocycles. The van der Waals surface area contributed by atoms with Gasteiger partial charge >= 0.3 is 5.97 Å². The van der Waals surface area contributed by atoms with Gasteiger partial charge in [0.25, 0.3) is 0 Å². The van der Waals surface area contributed by atoms with Crippen LogP contribution in [-0.4, -0.2) is 16.1 Å². The van der Waals surface area contributed by atoms with Crippen molar-refractivity contribution in [2.45, 2.75) is 6.42 Å². The first kappa shape index (κ1) is 11.3. The smallest absolute Gasteiger partial charge is 0.307 e. The third kappa shape index (κ3) is 2.87. The lowest BCUT2D eigenvalue weighted by Gasteiger charge is -2.03. The minimum atomic E-state index is -0.900. The Morgan fingerprint density at radius 3 is 2.53 bits per heavy atom. The van der Waals surface area contributed by atoms with Crippen LogP contribution in [0.25, 0.3) is 11.1 Å². The summed E-state index contributed by atoms with van der Waals surface area (Å²) in [6.07, 6.45) is 3.07. The molecule has 0 aliphatic carbocycles. The highest BCUT2D eigenvalue weighted by molar-refractivity contribution is 5.71. The fourth-order valence-corrected chi connectivity index (χ4v) is 1.56. The SMILES string of the molecule is O=C(O)Cc1cncc(-c2ccc(F)cc2)c1. The second-order valence-corrected chi connectivity index (χ2v) is 3.66.